The lowest BCUT2D eigenvalue weighted by Crippen LogP contribution is -2.60. The SMILES string of the molecule is C[C@H]1[C@H]([BH2-][N+](C)(C)CC[N+](C)(C)[BH2-][C@@H]2C[C@H]3C[C@@H]([C@H]2C)C3(C)C)C[C@@H]2C[C@H]1C2(C)C. The van der Waals surface area contributed by atoms with Crippen LogP contribution in [0.25, 0.3) is 0 Å². The van der Waals surface area contributed by atoms with E-state index in [4.69, 9.17) is 0 Å². The Balaban J connectivity index is 1.28. The van der Waals surface area contributed by atoms with Gasteiger partial charge in [-0.3, -0.25) is 0 Å². The number of likely N-dealkylation sites (N-methyl/N-ethyl adjacent to an activating group) is 2. The van der Waals surface area contributed by atoms with Crippen molar-refractivity contribution in [2.45, 2.75) is 78.9 Å². The molecule has 6 fully saturated rings. The minimum absolute atomic E-state index is 0.0603. The van der Waals surface area contributed by atoms with E-state index in [1.165, 1.54) is 34.7 Å². The van der Waals surface area contributed by atoms with Gasteiger partial charge in [0.15, 0.2) is 14.8 Å². The van der Waals surface area contributed by atoms with Crippen LogP contribution in [0.4, 0.5) is 0 Å². The summed E-state index contributed by atoms with van der Waals surface area (Å²) in [4.78, 5) is 0. The van der Waals surface area contributed by atoms with Crippen LogP contribution in [0.1, 0.15) is 67.2 Å². The predicted molar refractivity (Wildman–Crippen MR) is 137 cm³/mol. The number of quaternary nitrogens is 2. The van der Waals surface area contributed by atoms with Gasteiger partial charge in [0.05, 0.1) is 13.1 Å². The number of rotatable bonds is 7. The zero-order valence-electron chi connectivity index (χ0n) is 22.8. The van der Waals surface area contributed by atoms with Crippen LogP contribution < -0.4 is 0 Å². The van der Waals surface area contributed by atoms with Crippen molar-refractivity contribution in [1.29, 1.82) is 0 Å². The highest BCUT2D eigenvalue weighted by atomic mass is 15.3. The molecule has 8 atom stereocenters. The van der Waals surface area contributed by atoms with Crippen LogP contribution in [0, 0.1) is 46.3 Å². The second-order valence-corrected chi connectivity index (χ2v) is 16.4. The Kier molecular flexibility index (Phi) is 5.63. The summed E-state index contributed by atoms with van der Waals surface area (Å²) in [6.07, 6.45) is 6.18. The van der Waals surface area contributed by atoms with Crippen molar-refractivity contribution >= 4 is 14.8 Å². The first-order valence-electron chi connectivity index (χ1n) is 13.9. The molecule has 0 heterocycles. The monoisotopic (exact) mass is 416 g/mol. The second kappa shape index (κ2) is 7.28. The van der Waals surface area contributed by atoms with Gasteiger partial charge < -0.3 is 8.79 Å². The van der Waals surface area contributed by atoms with Crippen molar-refractivity contribution in [1.82, 2.24) is 0 Å². The van der Waals surface area contributed by atoms with Crippen molar-refractivity contribution in [2.24, 2.45) is 46.3 Å². The van der Waals surface area contributed by atoms with E-state index >= 15 is 0 Å². The second-order valence-electron chi connectivity index (χ2n) is 16.4. The van der Waals surface area contributed by atoms with E-state index in [9.17, 15) is 0 Å². The van der Waals surface area contributed by atoms with E-state index in [0.717, 1.165) is 47.1 Å². The molecule has 4 heteroatoms. The number of nitrogens with zero attached hydrogens (tertiary/aromatic N) is 2. The lowest BCUT2D eigenvalue weighted by atomic mass is 9.39. The van der Waals surface area contributed by atoms with Crippen molar-refractivity contribution in [2.75, 3.05) is 41.3 Å². The summed E-state index contributed by atoms with van der Waals surface area (Å²) in [7, 11) is 10.5. The van der Waals surface area contributed by atoms with Gasteiger partial charge in [-0.15, -0.1) is 11.6 Å². The zero-order chi connectivity index (χ0) is 22.3. The fourth-order valence-corrected chi connectivity index (χ4v) is 10.2. The van der Waals surface area contributed by atoms with Crippen molar-refractivity contribution < 1.29 is 8.79 Å². The normalized spacial score (nSPS) is 44.2. The Morgan fingerprint density at radius 2 is 0.967 bits per heavy atom. The van der Waals surface area contributed by atoms with Gasteiger partial charge in [-0.2, -0.15) is 0 Å². The lowest BCUT2D eigenvalue weighted by Gasteiger charge is -2.65. The van der Waals surface area contributed by atoms with Gasteiger partial charge in [-0.25, -0.2) is 0 Å². The Hall–Kier alpha value is 0.0499. The Labute approximate surface area is 190 Å². The minimum atomic E-state index is 0.0603. The smallest absolute Gasteiger partial charge is 0.185 e. The van der Waals surface area contributed by atoms with Crippen LogP contribution in [-0.4, -0.2) is 64.9 Å². The zero-order valence-corrected chi connectivity index (χ0v) is 22.8. The third-order valence-corrected chi connectivity index (χ3v) is 13.0. The number of hydrogen-bond donors (Lipinski definition) is 0. The van der Waals surface area contributed by atoms with Gasteiger partial charge in [-0.1, -0.05) is 66.2 Å². The molecule has 0 saturated heterocycles. The van der Waals surface area contributed by atoms with Crippen molar-refractivity contribution in [3.8, 4) is 0 Å². The van der Waals surface area contributed by atoms with Gasteiger partial charge >= 0.3 is 0 Å². The molecule has 4 bridgehead atoms. The maximum atomic E-state index is 2.61. The third kappa shape index (κ3) is 3.85. The molecule has 0 aliphatic heterocycles. The molecule has 6 saturated carbocycles. The Bertz CT molecular complexity index is 599. The average molecular weight is 416 g/mol. The largest absolute Gasteiger partial charge is 0.520 e. The Morgan fingerprint density at radius 1 is 0.633 bits per heavy atom. The summed E-state index contributed by atoms with van der Waals surface area (Å²) < 4.78 is 2.72. The van der Waals surface area contributed by atoms with Crippen LogP contribution in [-0.2, 0) is 0 Å². The van der Waals surface area contributed by atoms with Gasteiger partial charge in [0.2, 0.25) is 0 Å². The molecular formula is C26H54B2N2. The Morgan fingerprint density at radius 3 is 1.23 bits per heavy atom. The first-order chi connectivity index (χ1) is 13.6. The molecule has 6 aliphatic carbocycles. The molecule has 0 spiro atoms. The number of fused-ring (bicyclic) bond motifs is 4. The van der Waals surface area contributed by atoms with E-state index in [0.29, 0.717) is 10.8 Å². The third-order valence-electron chi connectivity index (χ3n) is 13.0. The molecule has 0 unspecified atom stereocenters. The summed E-state index contributed by atoms with van der Waals surface area (Å²) in [6.45, 7) is 18.3. The molecule has 2 nitrogen and oxygen atoms in total. The molecule has 0 amide bonds. The van der Waals surface area contributed by atoms with Crippen LogP contribution >= 0.6 is 0 Å². The first-order valence-corrected chi connectivity index (χ1v) is 13.9. The highest BCUT2D eigenvalue weighted by Gasteiger charge is 2.56. The molecule has 6 rings (SSSR count). The van der Waals surface area contributed by atoms with Crippen molar-refractivity contribution in [3.05, 3.63) is 0 Å². The van der Waals surface area contributed by atoms with Gasteiger partial charge in [-0.05, 0) is 47.3 Å². The van der Waals surface area contributed by atoms with E-state index in [1.54, 1.807) is 12.8 Å². The summed E-state index contributed by atoms with van der Waals surface area (Å²) >= 11 is 0. The summed E-state index contributed by atoms with van der Waals surface area (Å²) in [5.74, 6) is 8.24. The summed E-state index contributed by atoms with van der Waals surface area (Å²) in [5, 5.41) is 0. The maximum Gasteiger partial charge on any atom is 0.185 e. The minimum Gasteiger partial charge on any atom is -0.520 e. The predicted octanol–water partition coefficient (Wildman–Crippen LogP) is 4.29. The van der Waals surface area contributed by atoms with Gasteiger partial charge in [0.25, 0.3) is 0 Å². The summed E-state index contributed by atoms with van der Waals surface area (Å²) in [5.41, 5.74) is 1.30. The van der Waals surface area contributed by atoms with E-state index in [1.807, 2.05) is 0 Å². The summed E-state index contributed by atoms with van der Waals surface area (Å²) in [6, 6.07) is 0. The fraction of sp³-hybridized carbons (Fsp3) is 1.00. The molecule has 174 valence electrons. The molecule has 6 aliphatic rings. The van der Waals surface area contributed by atoms with Crippen LogP contribution in [0.5, 0.6) is 0 Å². The van der Waals surface area contributed by atoms with Gasteiger partial charge in [0, 0.05) is 28.2 Å². The van der Waals surface area contributed by atoms with Crippen LogP contribution in [0.15, 0.2) is 0 Å². The van der Waals surface area contributed by atoms with E-state index in [2.05, 4.69) is 69.7 Å². The molecule has 0 aromatic carbocycles. The lowest BCUT2D eigenvalue weighted by molar-refractivity contribution is -0.841. The van der Waals surface area contributed by atoms with E-state index in [-0.39, 0.29) is 14.8 Å². The first kappa shape index (κ1) is 23.2. The maximum absolute atomic E-state index is 2.61. The quantitative estimate of drug-likeness (QED) is 0.544. The van der Waals surface area contributed by atoms with Crippen LogP contribution in [0.3, 0.4) is 0 Å². The van der Waals surface area contributed by atoms with E-state index < -0.39 is 0 Å². The molecule has 30 heavy (non-hydrogen) atoms. The topological polar surface area (TPSA) is 0 Å². The fourth-order valence-electron chi connectivity index (χ4n) is 10.2. The van der Waals surface area contributed by atoms with Crippen molar-refractivity contribution in [3.63, 3.8) is 0 Å². The molecule has 0 N–H and O–H groups in total. The number of hydrogen-bond acceptors (Lipinski definition) is 0. The molecular weight excluding hydrogens is 362 g/mol. The highest BCUT2D eigenvalue weighted by Crippen LogP contribution is 2.65. The average Bonchev–Trinajstić information content (AvgIpc) is 2.62. The molecule has 0 aromatic rings. The molecule has 0 aromatic heterocycles. The highest BCUT2D eigenvalue weighted by molar-refractivity contribution is 6.29. The standard InChI is InChI=1S/C26H54B2N2/c1-17-21-13-19(25(21,3)4)15-23(17)27-29(7,8)11-12-30(9,10)28-24-16-20-14-22(18(24)2)26(20,5)6/h17-24H,11-16,27-28H2,1-10H3/t17-,18-,19-,20+,21+,22-,23-,24-/m1/s1. The van der Waals surface area contributed by atoms with Crippen LogP contribution in [0.2, 0.25) is 11.6 Å². The van der Waals surface area contributed by atoms with Gasteiger partial charge in [0.1, 0.15) is 0 Å². The molecule has 0 radical (unpaired) electrons.